The van der Waals surface area contributed by atoms with Crippen molar-refractivity contribution in [2.75, 3.05) is 26.7 Å². The van der Waals surface area contributed by atoms with Gasteiger partial charge < -0.3 is 20.7 Å². The average molecular weight is 283 g/mol. The molecular formula is C15H29N3O2. The molecule has 0 bridgehead atoms. The van der Waals surface area contributed by atoms with Crippen molar-refractivity contribution in [3.63, 3.8) is 0 Å². The largest absolute Gasteiger partial charge is 0.364 e. The molecule has 116 valence electrons. The molecule has 0 aromatic heterocycles. The number of nitrogens with one attached hydrogen (secondary N) is 1. The number of carbonyl (C=O) groups is 1. The highest BCUT2D eigenvalue weighted by Crippen LogP contribution is 2.21. The minimum Gasteiger partial charge on any atom is -0.364 e. The van der Waals surface area contributed by atoms with Crippen molar-refractivity contribution in [2.24, 2.45) is 5.73 Å². The van der Waals surface area contributed by atoms with Crippen LogP contribution in [0.2, 0.25) is 0 Å². The molecule has 1 aliphatic carbocycles. The second kappa shape index (κ2) is 7.96. The lowest BCUT2D eigenvalue weighted by atomic mass is 9.94. The molecule has 1 saturated heterocycles. The Morgan fingerprint density at radius 2 is 2.00 bits per heavy atom. The molecule has 2 rings (SSSR count). The number of rotatable bonds is 6. The predicted molar refractivity (Wildman–Crippen MR) is 79.5 cm³/mol. The summed E-state index contributed by atoms with van der Waals surface area (Å²) in [5.41, 5.74) is 5.56. The Balaban J connectivity index is 1.61. The monoisotopic (exact) mass is 283 g/mol. The molecule has 0 unspecified atom stereocenters. The first-order valence-electron chi connectivity index (χ1n) is 8.04. The molecule has 0 aromatic rings. The number of carbonyl (C=O) groups excluding carboxylic acids is 1. The predicted octanol–water partition coefficient (Wildman–Crippen LogP) is 0.873. The Morgan fingerprint density at radius 1 is 1.25 bits per heavy atom. The van der Waals surface area contributed by atoms with E-state index in [-0.39, 0.29) is 18.1 Å². The lowest BCUT2D eigenvalue weighted by molar-refractivity contribution is -0.131. The molecule has 0 aromatic carbocycles. The molecule has 5 nitrogen and oxygen atoms in total. The molecule has 1 heterocycles. The zero-order valence-corrected chi connectivity index (χ0v) is 12.6. The van der Waals surface area contributed by atoms with Crippen LogP contribution in [-0.2, 0) is 9.53 Å². The summed E-state index contributed by atoms with van der Waals surface area (Å²) in [5, 5.41) is 2.99. The molecule has 2 aliphatic rings. The lowest BCUT2D eigenvalue weighted by Gasteiger charge is -2.31. The van der Waals surface area contributed by atoms with Crippen LogP contribution in [0.3, 0.4) is 0 Å². The fourth-order valence-corrected chi connectivity index (χ4v) is 3.25. The molecule has 1 amide bonds. The van der Waals surface area contributed by atoms with Gasteiger partial charge in [0, 0.05) is 25.7 Å². The van der Waals surface area contributed by atoms with Crippen LogP contribution in [0, 0.1) is 0 Å². The SMILES string of the molecule is CN(CCNC(=O)[C@@H]1CC[C@H](CN)O1)C1CCCCC1. The first-order chi connectivity index (χ1) is 9.70. The van der Waals surface area contributed by atoms with Crippen LogP contribution in [0.5, 0.6) is 0 Å². The first kappa shape index (κ1) is 15.7. The van der Waals surface area contributed by atoms with Gasteiger partial charge in [0.05, 0.1) is 6.10 Å². The van der Waals surface area contributed by atoms with Gasteiger partial charge in [0.25, 0.3) is 0 Å². The molecule has 20 heavy (non-hydrogen) atoms. The van der Waals surface area contributed by atoms with E-state index in [1.807, 2.05) is 0 Å². The van der Waals surface area contributed by atoms with Crippen molar-refractivity contribution >= 4 is 5.91 Å². The zero-order chi connectivity index (χ0) is 14.4. The maximum atomic E-state index is 12.0. The van der Waals surface area contributed by atoms with E-state index < -0.39 is 0 Å². The summed E-state index contributed by atoms with van der Waals surface area (Å²) < 4.78 is 5.60. The Hall–Kier alpha value is -0.650. The van der Waals surface area contributed by atoms with E-state index >= 15 is 0 Å². The number of hydrogen-bond acceptors (Lipinski definition) is 4. The molecule has 2 fully saturated rings. The van der Waals surface area contributed by atoms with Crippen LogP contribution in [0.15, 0.2) is 0 Å². The van der Waals surface area contributed by atoms with Gasteiger partial charge in [-0.2, -0.15) is 0 Å². The van der Waals surface area contributed by atoms with Gasteiger partial charge >= 0.3 is 0 Å². The molecule has 1 saturated carbocycles. The van der Waals surface area contributed by atoms with Crippen molar-refractivity contribution in [2.45, 2.75) is 63.2 Å². The molecule has 3 N–H and O–H groups in total. The van der Waals surface area contributed by atoms with E-state index in [9.17, 15) is 4.79 Å². The Kier molecular flexibility index (Phi) is 6.26. The maximum Gasteiger partial charge on any atom is 0.249 e. The van der Waals surface area contributed by atoms with Crippen LogP contribution in [0.25, 0.3) is 0 Å². The number of amides is 1. The van der Waals surface area contributed by atoms with Crippen molar-refractivity contribution in [1.29, 1.82) is 0 Å². The van der Waals surface area contributed by atoms with Crippen LogP contribution < -0.4 is 11.1 Å². The molecule has 1 aliphatic heterocycles. The fraction of sp³-hybridized carbons (Fsp3) is 0.933. The molecular weight excluding hydrogens is 254 g/mol. The van der Waals surface area contributed by atoms with Gasteiger partial charge in [0.2, 0.25) is 5.91 Å². The minimum absolute atomic E-state index is 0.0259. The highest BCUT2D eigenvalue weighted by Gasteiger charge is 2.29. The summed E-state index contributed by atoms with van der Waals surface area (Å²) >= 11 is 0. The third kappa shape index (κ3) is 4.43. The van der Waals surface area contributed by atoms with Crippen molar-refractivity contribution < 1.29 is 9.53 Å². The fourth-order valence-electron chi connectivity index (χ4n) is 3.25. The lowest BCUT2D eigenvalue weighted by Crippen LogP contribution is -2.42. The van der Waals surface area contributed by atoms with Gasteiger partial charge in [-0.15, -0.1) is 0 Å². The van der Waals surface area contributed by atoms with Gasteiger partial charge in [0.15, 0.2) is 0 Å². The molecule has 0 radical (unpaired) electrons. The van der Waals surface area contributed by atoms with E-state index in [0.29, 0.717) is 19.1 Å². The summed E-state index contributed by atoms with van der Waals surface area (Å²) in [4.78, 5) is 14.4. The van der Waals surface area contributed by atoms with E-state index in [1.54, 1.807) is 0 Å². The zero-order valence-electron chi connectivity index (χ0n) is 12.6. The summed E-state index contributed by atoms with van der Waals surface area (Å²) in [7, 11) is 2.17. The number of ether oxygens (including phenoxy) is 1. The maximum absolute atomic E-state index is 12.0. The van der Waals surface area contributed by atoms with Crippen molar-refractivity contribution in [3.8, 4) is 0 Å². The van der Waals surface area contributed by atoms with Crippen LogP contribution in [-0.4, -0.2) is 55.7 Å². The third-order valence-electron chi connectivity index (χ3n) is 4.62. The Morgan fingerprint density at radius 3 is 2.65 bits per heavy atom. The normalized spacial score (nSPS) is 27.9. The van der Waals surface area contributed by atoms with Crippen LogP contribution in [0.1, 0.15) is 44.9 Å². The Labute approximate surface area is 122 Å². The van der Waals surface area contributed by atoms with Gasteiger partial charge in [-0.25, -0.2) is 0 Å². The van der Waals surface area contributed by atoms with Gasteiger partial charge in [-0.3, -0.25) is 4.79 Å². The van der Waals surface area contributed by atoms with Crippen molar-refractivity contribution in [3.05, 3.63) is 0 Å². The summed E-state index contributed by atoms with van der Waals surface area (Å²) in [6.45, 7) is 2.14. The molecule has 0 spiro atoms. The Bertz CT molecular complexity index is 305. The van der Waals surface area contributed by atoms with Gasteiger partial charge in [-0.1, -0.05) is 19.3 Å². The highest BCUT2D eigenvalue weighted by molar-refractivity contribution is 5.81. The van der Waals surface area contributed by atoms with E-state index in [4.69, 9.17) is 10.5 Å². The van der Waals surface area contributed by atoms with E-state index in [1.165, 1.54) is 32.1 Å². The topological polar surface area (TPSA) is 67.6 Å². The highest BCUT2D eigenvalue weighted by atomic mass is 16.5. The number of nitrogens with zero attached hydrogens (tertiary/aromatic N) is 1. The number of nitrogens with two attached hydrogens (primary N) is 1. The van der Waals surface area contributed by atoms with E-state index in [0.717, 1.165) is 19.4 Å². The smallest absolute Gasteiger partial charge is 0.249 e. The third-order valence-corrected chi connectivity index (χ3v) is 4.62. The summed E-state index contributed by atoms with van der Waals surface area (Å²) in [6.07, 6.45) is 8.14. The van der Waals surface area contributed by atoms with Gasteiger partial charge in [0.1, 0.15) is 6.10 Å². The average Bonchev–Trinajstić information content (AvgIpc) is 2.97. The summed E-state index contributed by atoms with van der Waals surface area (Å²) in [6, 6.07) is 0.699. The summed E-state index contributed by atoms with van der Waals surface area (Å²) in [5.74, 6) is 0.0259. The molecule has 5 heteroatoms. The minimum atomic E-state index is -0.288. The molecule has 2 atom stereocenters. The van der Waals surface area contributed by atoms with Crippen LogP contribution >= 0.6 is 0 Å². The first-order valence-corrected chi connectivity index (χ1v) is 8.04. The van der Waals surface area contributed by atoms with Crippen molar-refractivity contribution in [1.82, 2.24) is 10.2 Å². The number of likely N-dealkylation sites (N-methyl/N-ethyl adjacent to an activating group) is 1. The van der Waals surface area contributed by atoms with Crippen LogP contribution in [0.4, 0.5) is 0 Å². The standard InChI is InChI=1S/C15H29N3O2/c1-18(12-5-3-2-4-6-12)10-9-17-15(19)14-8-7-13(11-16)20-14/h12-14H,2-11,16H2,1H3,(H,17,19)/t13-,14+/m1/s1. The quantitative estimate of drug-likeness (QED) is 0.759. The van der Waals surface area contributed by atoms with Gasteiger partial charge in [-0.05, 0) is 32.7 Å². The number of hydrogen-bond donors (Lipinski definition) is 2. The second-order valence-corrected chi connectivity index (χ2v) is 6.12. The van der Waals surface area contributed by atoms with E-state index in [2.05, 4.69) is 17.3 Å². The second-order valence-electron chi connectivity index (χ2n) is 6.12.